The summed E-state index contributed by atoms with van der Waals surface area (Å²) in [6.45, 7) is 5.04. The fourth-order valence-corrected chi connectivity index (χ4v) is 2.70. The monoisotopic (exact) mass is 341 g/mol. The van der Waals surface area contributed by atoms with E-state index in [1.165, 1.54) is 0 Å². The van der Waals surface area contributed by atoms with Crippen LogP contribution in [0.5, 0.6) is 0 Å². The van der Waals surface area contributed by atoms with E-state index in [2.05, 4.69) is 24.1 Å². The summed E-state index contributed by atoms with van der Waals surface area (Å²) in [6, 6.07) is 17.1. The van der Waals surface area contributed by atoms with E-state index >= 15 is 0 Å². The predicted octanol–water partition coefficient (Wildman–Crippen LogP) is 4.55. The van der Waals surface area contributed by atoms with Crippen molar-refractivity contribution in [3.63, 3.8) is 0 Å². The van der Waals surface area contributed by atoms with Crippen molar-refractivity contribution in [1.29, 1.82) is 0 Å². The Labute approximate surface area is 146 Å². The molecule has 0 bridgehead atoms. The third-order valence-electron chi connectivity index (χ3n) is 3.71. The zero-order valence-corrected chi connectivity index (χ0v) is 14.5. The molecule has 0 unspecified atom stereocenters. The molecule has 3 rings (SSSR count). The van der Waals surface area contributed by atoms with Crippen LogP contribution in [0.3, 0.4) is 0 Å². The SMILES string of the molecule is CC(C)CNc1[nH]c(=O)n(-c2ccc(Cl)cc2)c1-c1ccccc1. The van der Waals surface area contributed by atoms with E-state index < -0.39 is 0 Å². The van der Waals surface area contributed by atoms with E-state index in [1.54, 1.807) is 16.7 Å². The van der Waals surface area contributed by atoms with Crippen molar-refractivity contribution in [1.82, 2.24) is 9.55 Å². The van der Waals surface area contributed by atoms with E-state index in [-0.39, 0.29) is 5.69 Å². The normalized spacial score (nSPS) is 11.0. The second kappa shape index (κ2) is 6.97. The number of halogens is 1. The minimum absolute atomic E-state index is 0.178. The average Bonchev–Trinajstić information content (AvgIpc) is 2.91. The van der Waals surface area contributed by atoms with Gasteiger partial charge in [-0.2, -0.15) is 0 Å². The molecule has 0 aliphatic heterocycles. The van der Waals surface area contributed by atoms with Crippen LogP contribution in [-0.2, 0) is 0 Å². The van der Waals surface area contributed by atoms with Crippen LogP contribution < -0.4 is 11.0 Å². The summed E-state index contributed by atoms with van der Waals surface area (Å²) in [6.07, 6.45) is 0. The highest BCUT2D eigenvalue weighted by Crippen LogP contribution is 2.28. The molecule has 0 saturated heterocycles. The quantitative estimate of drug-likeness (QED) is 0.715. The number of nitrogens with one attached hydrogen (secondary N) is 2. The number of H-pyrrole nitrogens is 1. The summed E-state index contributed by atoms with van der Waals surface area (Å²) in [5, 5.41) is 3.99. The van der Waals surface area contributed by atoms with Crippen molar-refractivity contribution < 1.29 is 0 Å². The van der Waals surface area contributed by atoms with Crippen molar-refractivity contribution in [2.24, 2.45) is 5.92 Å². The van der Waals surface area contributed by atoms with Gasteiger partial charge in [-0.05, 0) is 30.2 Å². The molecule has 0 atom stereocenters. The number of hydrogen-bond donors (Lipinski definition) is 2. The molecule has 0 aliphatic carbocycles. The van der Waals surface area contributed by atoms with Crippen LogP contribution in [0.25, 0.3) is 16.9 Å². The zero-order valence-electron chi connectivity index (χ0n) is 13.7. The molecule has 3 aromatic rings. The minimum atomic E-state index is -0.178. The van der Waals surface area contributed by atoms with Gasteiger partial charge in [-0.1, -0.05) is 55.8 Å². The number of benzene rings is 2. The maximum atomic E-state index is 12.6. The van der Waals surface area contributed by atoms with E-state index in [1.807, 2.05) is 42.5 Å². The molecule has 124 valence electrons. The Morgan fingerprint density at radius 2 is 1.75 bits per heavy atom. The Hall–Kier alpha value is -2.46. The molecular weight excluding hydrogens is 322 g/mol. The fourth-order valence-electron chi connectivity index (χ4n) is 2.58. The van der Waals surface area contributed by atoms with Crippen LogP contribution in [0.15, 0.2) is 59.4 Å². The number of imidazole rings is 1. The van der Waals surface area contributed by atoms with Crippen molar-refractivity contribution in [3.8, 4) is 16.9 Å². The highest BCUT2D eigenvalue weighted by atomic mass is 35.5. The Morgan fingerprint density at radius 1 is 1.08 bits per heavy atom. The smallest absolute Gasteiger partial charge is 0.332 e. The first-order chi connectivity index (χ1) is 11.6. The third kappa shape index (κ3) is 3.39. The Balaban J connectivity index is 2.17. The molecule has 1 heterocycles. The largest absolute Gasteiger partial charge is 0.369 e. The van der Waals surface area contributed by atoms with Crippen LogP contribution in [0.2, 0.25) is 5.02 Å². The maximum absolute atomic E-state index is 12.6. The molecule has 2 aromatic carbocycles. The van der Waals surface area contributed by atoms with Crippen LogP contribution in [-0.4, -0.2) is 16.1 Å². The highest BCUT2D eigenvalue weighted by Gasteiger charge is 2.17. The molecule has 0 aliphatic rings. The summed E-state index contributed by atoms with van der Waals surface area (Å²) in [4.78, 5) is 15.5. The number of nitrogens with zero attached hydrogens (tertiary/aromatic N) is 1. The predicted molar refractivity (Wildman–Crippen MR) is 100 cm³/mol. The molecule has 5 heteroatoms. The van der Waals surface area contributed by atoms with Crippen LogP contribution in [0.4, 0.5) is 5.82 Å². The van der Waals surface area contributed by atoms with Gasteiger partial charge in [0.15, 0.2) is 0 Å². The van der Waals surface area contributed by atoms with Gasteiger partial charge < -0.3 is 5.32 Å². The van der Waals surface area contributed by atoms with Gasteiger partial charge in [0.2, 0.25) is 0 Å². The summed E-state index contributed by atoms with van der Waals surface area (Å²) in [7, 11) is 0. The highest BCUT2D eigenvalue weighted by molar-refractivity contribution is 6.30. The second-order valence-electron chi connectivity index (χ2n) is 6.11. The average molecular weight is 342 g/mol. The van der Waals surface area contributed by atoms with Crippen molar-refractivity contribution in [2.75, 3.05) is 11.9 Å². The van der Waals surface area contributed by atoms with Gasteiger partial charge in [-0.3, -0.25) is 9.55 Å². The lowest BCUT2D eigenvalue weighted by Crippen LogP contribution is -2.15. The van der Waals surface area contributed by atoms with Gasteiger partial charge >= 0.3 is 5.69 Å². The number of hydrogen-bond acceptors (Lipinski definition) is 2. The van der Waals surface area contributed by atoms with Crippen LogP contribution in [0.1, 0.15) is 13.8 Å². The van der Waals surface area contributed by atoms with Crippen LogP contribution in [0, 0.1) is 5.92 Å². The molecule has 2 N–H and O–H groups in total. The number of anilines is 1. The first-order valence-electron chi connectivity index (χ1n) is 7.96. The van der Waals surface area contributed by atoms with E-state index in [0.29, 0.717) is 10.9 Å². The molecular formula is C19H20ClN3O. The topological polar surface area (TPSA) is 49.8 Å². The van der Waals surface area contributed by atoms with Gasteiger partial charge in [0, 0.05) is 17.1 Å². The fraction of sp³-hybridized carbons (Fsp3) is 0.211. The molecule has 0 saturated carbocycles. The minimum Gasteiger partial charge on any atom is -0.369 e. The molecule has 4 nitrogen and oxygen atoms in total. The first kappa shape index (κ1) is 16.4. The van der Waals surface area contributed by atoms with Crippen LogP contribution >= 0.6 is 11.6 Å². The molecule has 24 heavy (non-hydrogen) atoms. The second-order valence-corrected chi connectivity index (χ2v) is 6.54. The number of aromatic amines is 1. The van der Waals surface area contributed by atoms with Crippen molar-refractivity contribution in [2.45, 2.75) is 13.8 Å². The Kier molecular flexibility index (Phi) is 4.76. The van der Waals surface area contributed by atoms with E-state index in [4.69, 9.17) is 11.6 Å². The van der Waals surface area contributed by atoms with Crippen molar-refractivity contribution >= 4 is 17.4 Å². The summed E-state index contributed by atoms with van der Waals surface area (Å²) < 4.78 is 1.67. The van der Waals surface area contributed by atoms with E-state index in [0.717, 1.165) is 29.3 Å². The standard InChI is InChI=1S/C19H20ClN3O/c1-13(2)12-21-18-17(14-6-4-3-5-7-14)23(19(24)22-18)16-10-8-15(20)9-11-16/h3-11,13,21H,12H2,1-2H3,(H,22,24). The maximum Gasteiger partial charge on any atom is 0.332 e. The lowest BCUT2D eigenvalue weighted by Gasteiger charge is -2.12. The molecule has 0 radical (unpaired) electrons. The van der Waals surface area contributed by atoms with Gasteiger partial charge in [-0.15, -0.1) is 0 Å². The molecule has 0 spiro atoms. The van der Waals surface area contributed by atoms with Gasteiger partial charge in [0.25, 0.3) is 0 Å². The molecule has 0 fully saturated rings. The van der Waals surface area contributed by atoms with Crippen molar-refractivity contribution in [3.05, 3.63) is 70.1 Å². The number of rotatable bonds is 5. The van der Waals surface area contributed by atoms with Gasteiger partial charge in [0.1, 0.15) is 5.82 Å². The summed E-state index contributed by atoms with van der Waals surface area (Å²) in [5.74, 6) is 1.20. The Bertz CT molecular complexity index is 864. The van der Waals surface area contributed by atoms with Gasteiger partial charge in [-0.25, -0.2) is 4.79 Å². The Morgan fingerprint density at radius 3 is 2.38 bits per heavy atom. The zero-order chi connectivity index (χ0) is 17.1. The molecule has 0 amide bonds. The summed E-state index contributed by atoms with van der Waals surface area (Å²) >= 11 is 5.98. The van der Waals surface area contributed by atoms with Gasteiger partial charge in [0.05, 0.1) is 11.4 Å². The summed E-state index contributed by atoms with van der Waals surface area (Å²) in [5.41, 5.74) is 2.39. The number of aromatic nitrogens is 2. The lowest BCUT2D eigenvalue weighted by molar-refractivity contribution is 0.687. The third-order valence-corrected chi connectivity index (χ3v) is 3.97. The first-order valence-corrected chi connectivity index (χ1v) is 8.34. The lowest BCUT2D eigenvalue weighted by atomic mass is 10.1. The van der Waals surface area contributed by atoms with E-state index in [9.17, 15) is 4.79 Å². The molecule has 1 aromatic heterocycles.